The number of rotatable bonds is 54. The second-order valence-corrected chi connectivity index (χ2v) is 20.0. The van der Waals surface area contributed by atoms with Gasteiger partial charge in [-0.3, -0.25) is 9.59 Å². The molecule has 0 radical (unpaired) electrons. The van der Waals surface area contributed by atoms with Crippen molar-refractivity contribution in [2.45, 2.75) is 334 Å². The smallest absolute Gasteiger partial charge is 0.305 e. The summed E-state index contributed by atoms with van der Waals surface area (Å²) in [6.45, 7) is 4.93. The van der Waals surface area contributed by atoms with Crippen LogP contribution in [0.2, 0.25) is 0 Å². The lowest BCUT2D eigenvalue weighted by atomic mass is 10.0. The van der Waals surface area contributed by atoms with E-state index in [-0.39, 0.29) is 18.5 Å². The number of hydrogen-bond donors (Lipinski definition) is 3. The minimum absolute atomic E-state index is 0.0137. The number of esters is 1. The molecular weight excluding hydrogens is 791 g/mol. The van der Waals surface area contributed by atoms with E-state index in [9.17, 15) is 19.8 Å². The molecule has 0 aromatic heterocycles. The minimum atomic E-state index is -0.673. The molecule has 1 amide bonds. The number of carbonyl (C=O) groups is 2. The molecule has 0 heterocycles. The van der Waals surface area contributed by atoms with Crippen LogP contribution in [0.25, 0.3) is 0 Å². The highest BCUT2D eigenvalue weighted by atomic mass is 16.5. The Balaban J connectivity index is 3.45. The standard InChI is InChI=1S/C58H113NO5/c1-3-5-7-9-11-13-15-17-18-19-20-21-22-23-24-27-30-34-38-42-46-50-56(61)55(54-60)59-57(62)51-47-43-39-35-31-28-25-29-33-37-41-45-49-53-64-58(63)52-48-44-40-36-32-26-16-14-12-10-8-6-4-2/h14,16,55-56,60-61H,3-13,15,17-54H2,1-2H3,(H,59,62)/b16-14-. The number of unbranched alkanes of at least 4 members (excludes halogenated alkanes) is 41. The van der Waals surface area contributed by atoms with Crippen LogP contribution in [-0.4, -0.2) is 47.4 Å². The monoisotopic (exact) mass is 904 g/mol. The molecular formula is C58H113NO5. The van der Waals surface area contributed by atoms with Gasteiger partial charge in [-0.15, -0.1) is 0 Å². The average Bonchev–Trinajstić information content (AvgIpc) is 3.29. The summed E-state index contributed by atoms with van der Waals surface area (Å²) in [5, 5.41) is 23.3. The SMILES string of the molecule is CCCCCC/C=C\CCCCCCCC(=O)OCCCCCCCCCCCCCCCC(=O)NC(CO)C(O)CCCCCCCCCCCCCCCCCCCCCCC. The van der Waals surface area contributed by atoms with Gasteiger partial charge in [-0.05, 0) is 51.4 Å². The largest absolute Gasteiger partial charge is 0.466 e. The molecule has 6 heteroatoms. The Kier molecular flexibility index (Phi) is 53.0. The first-order valence-electron chi connectivity index (χ1n) is 28.9. The molecule has 0 spiro atoms. The van der Waals surface area contributed by atoms with Crippen LogP contribution in [0.5, 0.6) is 0 Å². The number of aliphatic hydroxyl groups is 2. The van der Waals surface area contributed by atoms with E-state index in [2.05, 4.69) is 31.3 Å². The summed E-state index contributed by atoms with van der Waals surface area (Å²) in [4.78, 5) is 24.5. The first-order valence-corrected chi connectivity index (χ1v) is 28.9. The second kappa shape index (κ2) is 54.2. The van der Waals surface area contributed by atoms with E-state index in [1.165, 1.54) is 238 Å². The third-order valence-electron chi connectivity index (χ3n) is 13.6. The van der Waals surface area contributed by atoms with Crippen molar-refractivity contribution in [3.63, 3.8) is 0 Å². The number of ether oxygens (including phenoxy) is 1. The number of hydrogen-bond acceptors (Lipinski definition) is 5. The van der Waals surface area contributed by atoms with Crippen molar-refractivity contribution in [3.05, 3.63) is 12.2 Å². The van der Waals surface area contributed by atoms with Gasteiger partial charge < -0.3 is 20.3 Å². The van der Waals surface area contributed by atoms with Crippen molar-refractivity contribution >= 4 is 11.9 Å². The number of nitrogens with one attached hydrogen (secondary N) is 1. The Hall–Kier alpha value is -1.40. The molecule has 0 saturated heterocycles. The van der Waals surface area contributed by atoms with E-state index in [1.807, 2.05) is 0 Å². The van der Waals surface area contributed by atoms with Crippen molar-refractivity contribution in [2.75, 3.05) is 13.2 Å². The Morgan fingerprint density at radius 3 is 1.12 bits per heavy atom. The van der Waals surface area contributed by atoms with Crippen molar-refractivity contribution in [1.82, 2.24) is 5.32 Å². The quantitative estimate of drug-likeness (QED) is 0.0321. The molecule has 0 aliphatic carbocycles. The van der Waals surface area contributed by atoms with E-state index >= 15 is 0 Å². The summed E-state index contributed by atoms with van der Waals surface area (Å²) in [7, 11) is 0. The van der Waals surface area contributed by atoms with Crippen LogP contribution >= 0.6 is 0 Å². The molecule has 0 fully saturated rings. The summed E-state index contributed by atoms with van der Waals surface area (Å²) in [6, 6.07) is -0.551. The first-order chi connectivity index (χ1) is 31.5. The molecule has 0 bridgehead atoms. The van der Waals surface area contributed by atoms with E-state index in [0.29, 0.717) is 25.9 Å². The van der Waals surface area contributed by atoms with Crippen LogP contribution in [0.1, 0.15) is 322 Å². The molecule has 0 aliphatic heterocycles. The highest BCUT2D eigenvalue weighted by molar-refractivity contribution is 5.76. The molecule has 0 aromatic carbocycles. The molecule has 0 aromatic rings. The number of aliphatic hydroxyl groups excluding tert-OH is 2. The summed E-state index contributed by atoms with van der Waals surface area (Å²) in [5.74, 6) is -0.0585. The van der Waals surface area contributed by atoms with Crippen LogP contribution < -0.4 is 5.32 Å². The topological polar surface area (TPSA) is 95.9 Å². The van der Waals surface area contributed by atoms with Crippen LogP contribution in [0.3, 0.4) is 0 Å². The maximum absolute atomic E-state index is 12.5. The van der Waals surface area contributed by atoms with Gasteiger partial charge in [-0.25, -0.2) is 0 Å². The van der Waals surface area contributed by atoms with Gasteiger partial charge in [-0.1, -0.05) is 270 Å². The summed E-state index contributed by atoms with van der Waals surface area (Å²) < 4.78 is 5.46. The molecule has 6 nitrogen and oxygen atoms in total. The molecule has 0 saturated carbocycles. The van der Waals surface area contributed by atoms with Gasteiger partial charge in [0.15, 0.2) is 0 Å². The predicted octanol–water partition coefficient (Wildman–Crippen LogP) is 17.7. The van der Waals surface area contributed by atoms with Crippen molar-refractivity contribution < 1.29 is 24.5 Å². The zero-order valence-corrected chi connectivity index (χ0v) is 43.3. The normalized spacial score (nSPS) is 12.6. The number of allylic oxidation sites excluding steroid dienone is 2. The van der Waals surface area contributed by atoms with E-state index in [1.54, 1.807) is 0 Å². The van der Waals surface area contributed by atoms with Crippen LogP contribution in [0.15, 0.2) is 12.2 Å². The molecule has 3 N–H and O–H groups in total. The van der Waals surface area contributed by atoms with Gasteiger partial charge in [0.2, 0.25) is 5.91 Å². The molecule has 64 heavy (non-hydrogen) atoms. The first kappa shape index (κ1) is 62.6. The van der Waals surface area contributed by atoms with Gasteiger partial charge in [-0.2, -0.15) is 0 Å². The lowest BCUT2D eigenvalue weighted by Crippen LogP contribution is -2.45. The highest BCUT2D eigenvalue weighted by Gasteiger charge is 2.20. The third kappa shape index (κ3) is 50.0. The molecule has 2 unspecified atom stereocenters. The minimum Gasteiger partial charge on any atom is -0.466 e. The Morgan fingerprint density at radius 2 is 0.734 bits per heavy atom. The summed E-state index contributed by atoms with van der Waals surface area (Å²) in [6.07, 6.45) is 63.4. The average molecular weight is 905 g/mol. The van der Waals surface area contributed by atoms with Gasteiger partial charge in [0, 0.05) is 12.8 Å². The number of carbonyl (C=O) groups excluding carboxylic acids is 2. The van der Waals surface area contributed by atoms with Gasteiger partial charge in [0.1, 0.15) is 0 Å². The molecule has 380 valence electrons. The summed E-state index contributed by atoms with van der Waals surface area (Å²) >= 11 is 0. The van der Waals surface area contributed by atoms with E-state index in [0.717, 1.165) is 51.4 Å². The van der Waals surface area contributed by atoms with Crippen LogP contribution in [-0.2, 0) is 14.3 Å². The fourth-order valence-corrected chi connectivity index (χ4v) is 9.11. The highest BCUT2D eigenvalue weighted by Crippen LogP contribution is 2.18. The van der Waals surface area contributed by atoms with Gasteiger partial charge in [0.05, 0.1) is 25.4 Å². The van der Waals surface area contributed by atoms with Crippen LogP contribution in [0, 0.1) is 0 Å². The Labute approximate surface area is 399 Å². The van der Waals surface area contributed by atoms with Crippen molar-refractivity contribution in [3.8, 4) is 0 Å². The van der Waals surface area contributed by atoms with Crippen molar-refractivity contribution in [2.24, 2.45) is 0 Å². The molecule has 2 atom stereocenters. The second-order valence-electron chi connectivity index (χ2n) is 20.0. The lowest BCUT2D eigenvalue weighted by molar-refractivity contribution is -0.143. The van der Waals surface area contributed by atoms with Crippen LogP contribution in [0.4, 0.5) is 0 Å². The lowest BCUT2D eigenvalue weighted by Gasteiger charge is -2.22. The van der Waals surface area contributed by atoms with Gasteiger partial charge in [0.25, 0.3) is 0 Å². The fraction of sp³-hybridized carbons (Fsp3) is 0.931. The predicted molar refractivity (Wildman–Crippen MR) is 278 cm³/mol. The van der Waals surface area contributed by atoms with Gasteiger partial charge >= 0.3 is 5.97 Å². The van der Waals surface area contributed by atoms with E-state index < -0.39 is 12.1 Å². The fourth-order valence-electron chi connectivity index (χ4n) is 9.11. The summed E-state index contributed by atoms with van der Waals surface area (Å²) in [5.41, 5.74) is 0. The zero-order chi connectivity index (χ0) is 46.5. The third-order valence-corrected chi connectivity index (χ3v) is 13.6. The number of amides is 1. The van der Waals surface area contributed by atoms with E-state index in [4.69, 9.17) is 4.74 Å². The van der Waals surface area contributed by atoms with Crippen molar-refractivity contribution in [1.29, 1.82) is 0 Å². The molecule has 0 rings (SSSR count). The maximum atomic E-state index is 12.5. The molecule has 0 aliphatic rings. The Morgan fingerprint density at radius 1 is 0.422 bits per heavy atom. The maximum Gasteiger partial charge on any atom is 0.305 e. The zero-order valence-electron chi connectivity index (χ0n) is 43.3. The Bertz CT molecular complexity index is 955.